The standard InChI is InChI=1S/C28H25F4N5O2/c1-36-25(17-39-24-4-2-3-21(13-24)28(30,31)32)34-35-26(36)19-9-11-23(12-10-19)33-27(38)20-7-5-18(6-8-20)14-37-15-22(29)16-37/h2-13,22H,14-17H2,1H3,(H,33,38). The van der Waals surface area contributed by atoms with Gasteiger partial charge in [-0.1, -0.05) is 18.2 Å². The Morgan fingerprint density at radius 3 is 2.41 bits per heavy atom. The molecule has 5 rings (SSSR count). The molecule has 1 fully saturated rings. The van der Waals surface area contributed by atoms with E-state index < -0.39 is 17.9 Å². The summed E-state index contributed by atoms with van der Waals surface area (Å²) in [6.07, 6.45) is -5.20. The number of nitrogens with one attached hydrogen (secondary N) is 1. The van der Waals surface area contributed by atoms with Gasteiger partial charge in [0.25, 0.3) is 5.91 Å². The number of halogens is 4. The predicted molar refractivity (Wildman–Crippen MR) is 137 cm³/mol. The van der Waals surface area contributed by atoms with Gasteiger partial charge in [0.15, 0.2) is 11.6 Å². The summed E-state index contributed by atoms with van der Waals surface area (Å²) < 4.78 is 59.0. The minimum Gasteiger partial charge on any atom is -0.486 e. The lowest BCUT2D eigenvalue weighted by Gasteiger charge is -2.34. The molecule has 0 unspecified atom stereocenters. The van der Waals surface area contributed by atoms with E-state index in [9.17, 15) is 22.4 Å². The van der Waals surface area contributed by atoms with E-state index in [-0.39, 0.29) is 18.3 Å². The fraction of sp³-hybridized carbons (Fsp3) is 0.250. The van der Waals surface area contributed by atoms with E-state index in [2.05, 4.69) is 15.5 Å². The van der Waals surface area contributed by atoms with Gasteiger partial charge in [-0.3, -0.25) is 9.69 Å². The second kappa shape index (κ2) is 10.9. The van der Waals surface area contributed by atoms with Gasteiger partial charge in [0.1, 0.15) is 18.5 Å². The van der Waals surface area contributed by atoms with Crippen molar-refractivity contribution in [2.45, 2.75) is 25.5 Å². The summed E-state index contributed by atoms with van der Waals surface area (Å²) in [4.78, 5) is 14.7. The van der Waals surface area contributed by atoms with Crippen LogP contribution in [0.4, 0.5) is 23.2 Å². The Kier molecular flexibility index (Phi) is 7.34. The van der Waals surface area contributed by atoms with Crippen LogP contribution in [0.25, 0.3) is 11.4 Å². The fourth-order valence-corrected chi connectivity index (χ4v) is 4.21. The molecule has 0 spiro atoms. The van der Waals surface area contributed by atoms with Crippen LogP contribution in [0, 0.1) is 0 Å². The number of nitrogens with zero attached hydrogens (tertiary/aromatic N) is 4. The van der Waals surface area contributed by atoms with Crippen LogP contribution < -0.4 is 10.1 Å². The third kappa shape index (κ3) is 6.26. The highest BCUT2D eigenvalue weighted by Gasteiger charge is 2.30. The van der Waals surface area contributed by atoms with Crippen LogP contribution in [-0.2, 0) is 26.4 Å². The number of carbonyl (C=O) groups excluding carboxylic acids is 1. The van der Waals surface area contributed by atoms with Gasteiger partial charge in [0.05, 0.1) is 5.56 Å². The van der Waals surface area contributed by atoms with Gasteiger partial charge in [0.2, 0.25) is 0 Å². The topological polar surface area (TPSA) is 72.3 Å². The molecule has 1 amide bonds. The van der Waals surface area contributed by atoms with Gasteiger partial charge in [0, 0.05) is 43.5 Å². The van der Waals surface area contributed by atoms with Crippen LogP contribution in [0.15, 0.2) is 72.8 Å². The molecule has 7 nitrogen and oxygen atoms in total. The first-order valence-corrected chi connectivity index (χ1v) is 12.2. The first-order valence-electron chi connectivity index (χ1n) is 12.2. The molecule has 1 saturated heterocycles. The lowest BCUT2D eigenvalue weighted by molar-refractivity contribution is -0.137. The number of benzene rings is 3. The molecule has 39 heavy (non-hydrogen) atoms. The third-order valence-electron chi connectivity index (χ3n) is 6.43. The Morgan fingerprint density at radius 1 is 1.03 bits per heavy atom. The molecule has 0 saturated carbocycles. The number of likely N-dealkylation sites (tertiary alicyclic amines) is 1. The molecule has 1 aromatic heterocycles. The van der Waals surface area contributed by atoms with E-state index in [4.69, 9.17) is 4.74 Å². The van der Waals surface area contributed by atoms with E-state index in [1.807, 2.05) is 17.0 Å². The average molecular weight is 540 g/mol. The number of hydrogen-bond acceptors (Lipinski definition) is 5. The van der Waals surface area contributed by atoms with Crippen molar-refractivity contribution in [2.24, 2.45) is 7.05 Å². The quantitative estimate of drug-likeness (QED) is 0.300. The van der Waals surface area contributed by atoms with Crippen molar-refractivity contribution in [1.29, 1.82) is 0 Å². The van der Waals surface area contributed by atoms with Crippen LogP contribution in [0.1, 0.15) is 27.3 Å². The minimum atomic E-state index is -4.45. The van der Waals surface area contributed by atoms with Crippen molar-refractivity contribution in [3.8, 4) is 17.1 Å². The monoisotopic (exact) mass is 539 g/mol. The first-order chi connectivity index (χ1) is 18.7. The molecule has 2 heterocycles. The number of hydrogen-bond donors (Lipinski definition) is 1. The number of ether oxygens (including phenoxy) is 1. The van der Waals surface area contributed by atoms with Crippen molar-refractivity contribution in [3.63, 3.8) is 0 Å². The van der Waals surface area contributed by atoms with E-state index in [0.717, 1.165) is 23.3 Å². The molecule has 202 valence electrons. The maximum atomic E-state index is 13.0. The zero-order chi connectivity index (χ0) is 27.6. The zero-order valence-corrected chi connectivity index (χ0v) is 21.0. The summed E-state index contributed by atoms with van der Waals surface area (Å²) in [6, 6.07) is 18.9. The first kappa shape index (κ1) is 26.4. The van der Waals surface area contributed by atoms with Crippen LogP contribution >= 0.6 is 0 Å². The molecule has 0 aliphatic carbocycles. The summed E-state index contributed by atoms with van der Waals surface area (Å²) in [5, 5.41) is 11.1. The lowest BCUT2D eigenvalue weighted by Crippen LogP contribution is -2.47. The van der Waals surface area contributed by atoms with Crippen LogP contribution in [0.3, 0.4) is 0 Å². The fourth-order valence-electron chi connectivity index (χ4n) is 4.21. The molecule has 1 N–H and O–H groups in total. The molecular weight excluding hydrogens is 514 g/mol. The van der Waals surface area contributed by atoms with Gasteiger partial charge in [-0.2, -0.15) is 13.2 Å². The van der Waals surface area contributed by atoms with E-state index in [1.165, 1.54) is 12.1 Å². The molecule has 1 aliphatic heterocycles. The van der Waals surface area contributed by atoms with Gasteiger partial charge >= 0.3 is 6.18 Å². The number of alkyl halides is 4. The van der Waals surface area contributed by atoms with Crippen molar-refractivity contribution in [2.75, 3.05) is 18.4 Å². The molecule has 3 aromatic carbocycles. The summed E-state index contributed by atoms with van der Waals surface area (Å²) >= 11 is 0. The second-order valence-electron chi connectivity index (χ2n) is 9.33. The van der Waals surface area contributed by atoms with Crippen LogP contribution in [0.2, 0.25) is 0 Å². The van der Waals surface area contributed by atoms with Crippen molar-refractivity contribution in [3.05, 3.63) is 95.3 Å². The minimum absolute atomic E-state index is 0.0634. The second-order valence-corrected chi connectivity index (χ2v) is 9.33. The molecule has 11 heteroatoms. The number of rotatable bonds is 8. The van der Waals surface area contributed by atoms with Gasteiger partial charge in [-0.15, -0.1) is 10.2 Å². The number of aromatic nitrogens is 3. The zero-order valence-electron chi connectivity index (χ0n) is 21.0. The average Bonchev–Trinajstić information content (AvgIpc) is 3.27. The van der Waals surface area contributed by atoms with Crippen molar-refractivity contribution in [1.82, 2.24) is 19.7 Å². The highest BCUT2D eigenvalue weighted by Crippen LogP contribution is 2.31. The Balaban J connectivity index is 1.18. The Hall–Kier alpha value is -4.25. The van der Waals surface area contributed by atoms with E-state index in [0.29, 0.717) is 42.5 Å². The molecule has 0 atom stereocenters. The SMILES string of the molecule is Cn1c(COc2cccc(C(F)(F)F)c2)nnc1-c1ccc(NC(=O)c2ccc(CN3CC(F)C3)cc2)cc1. The van der Waals surface area contributed by atoms with E-state index >= 15 is 0 Å². The summed E-state index contributed by atoms with van der Waals surface area (Å²) in [6.45, 7) is 1.49. The van der Waals surface area contributed by atoms with Gasteiger partial charge < -0.3 is 14.6 Å². The molecule has 1 aliphatic rings. The van der Waals surface area contributed by atoms with Crippen molar-refractivity contribution < 1.29 is 27.1 Å². The largest absolute Gasteiger partial charge is 0.486 e. The number of amides is 1. The highest BCUT2D eigenvalue weighted by molar-refractivity contribution is 6.04. The number of carbonyl (C=O) groups is 1. The molecular formula is C28H25F4N5O2. The van der Waals surface area contributed by atoms with Crippen molar-refractivity contribution >= 4 is 11.6 Å². The summed E-state index contributed by atoms with van der Waals surface area (Å²) in [5.74, 6) is 0.791. The van der Waals surface area contributed by atoms with Crippen LogP contribution in [0.5, 0.6) is 5.75 Å². The van der Waals surface area contributed by atoms with Gasteiger partial charge in [-0.05, 0) is 60.2 Å². The van der Waals surface area contributed by atoms with Crippen LogP contribution in [-0.4, -0.2) is 44.8 Å². The Labute approximate surface area is 222 Å². The highest BCUT2D eigenvalue weighted by atomic mass is 19.4. The normalized spacial score (nSPS) is 14.2. The molecule has 0 bridgehead atoms. The van der Waals surface area contributed by atoms with E-state index in [1.54, 1.807) is 48.0 Å². The summed E-state index contributed by atoms with van der Waals surface area (Å²) in [5.41, 5.74) is 2.07. The molecule has 4 aromatic rings. The maximum absolute atomic E-state index is 13.0. The maximum Gasteiger partial charge on any atom is 0.416 e. The predicted octanol–water partition coefficient (Wildman–Crippen LogP) is 5.49. The Morgan fingerprint density at radius 2 is 1.74 bits per heavy atom. The molecule has 0 radical (unpaired) electrons. The smallest absolute Gasteiger partial charge is 0.416 e. The lowest BCUT2D eigenvalue weighted by atomic mass is 10.1. The Bertz CT molecular complexity index is 1450. The summed E-state index contributed by atoms with van der Waals surface area (Å²) in [7, 11) is 1.73. The van der Waals surface area contributed by atoms with Gasteiger partial charge in [-0.25, -0.2) is 4.39 Å². The third-order valence-corrected chi connectivity index (χ3v) is 6.43. The number of anilines is 1.